The number of carbonyl (C=O) groups excluding carboxylic acids is 1. The van der Waals surface area contributed by atoms with Crippen LogP contribution in [0.4, 0.5) is 0 Å². The predicted octanol–water partition coefficient (Wildman–Crippen LogP) is 6.55. The van der Waals surface area contributed by atoms with Gasteiger partial charge in [-0.3, -0.25) is 9.80 Å². The molecule has 4 aromatic rings. The van der Waals surface area contributed by atoms with Gasteiger partial charge in [-0.05, 0) is 54.3 Å². The van der Waals surface area contributed by atoms with Crippen molar-refractivity contribution in [1.82, 2.24) is 15.2 Å². The first-order valence-electron chi connectivity index (χ1n) is 12.9. The average Bonchev–Trinajstić information content (AvgIpc) is 3.34. The van der Waals surface area contributed by atoms with Crippen LogP contribution in [0.3, 0.4) is 0 Å². The van der Waals surface area contributed by atoms with E-state index in [2.05, 4.69) is 17.1 Å². The molecule has 0 aliphatic carbocycles. The van der Waals surface area contributed by atoms with Crippen molar-refractivity contribution >= 4 is 45.7 Å². The van der Waals surface area contributed by atoms with Crippen molar-refractivity contribution in [3.05, 3.63) is 104 Å². The van der Waals surface area contributed by atoms with Crippen LogP contribution in [0, 0.1) is 0 Å². The first-order chi connectivity index (χ1) is 18.9. The normalized spacial score (nSPS) is 15.0. The SMILES string of the molecule is CCCCC1=NN(Cc2ccc(Cl)cc2Cl)C(C(=O)Oc2cccc(Cc3n[nH]c(=O)c4ccccc34)c2)C1. The third-order valence-corrected chi connectivity index (χ3v) is 7.35. The highest BCUT2D eigenvalue weighted by atomic mass is 35.5. The molecule has 0 saturated carbocycles. The number of hydrogen-bond donors (Lipinski definition) is 1. The molecule has 2 heterocycles. The van der Waals surface area contributed by atoms with Crippen molar-refractivity contribution in [2.45, 2.75) is 51.6 Å². The van der Waals surface area contributed by atoms with Gasteiger partial charge in [-0.1, -0.05) is 72.9 Å². The van der Waals surface area contributed by atoms with Gasteiger partial charge in [0.25, 0.3) is 5.56 Å². The Kier molecular flexibility index (Phi) is 8.29. The van der Waals surface area contributed by atoms with E-state index in [9.17, 15) is 9.59 Å². The fraction of sp³-hybridized carbons (Fsp3) is 0.267. The number of unbranched alkanes of at least 4 members (excludes halogenated alkanes) is 1. The van der Waals surface area contributed by atoms with Crippen molar-refractivity contribution in [3.8, 4) is 5.75 Å². The number of hydrogen-bond acceptors (Lipinski definition) is 6. The van der Waals surface area contributed by atoms with Crippen LogP contribution in [0.2, 0.25) is 10.0 Å². The maximum absolute atomic E-state index is 13.4. The lowest BCUT2D eigenvalue weighted by Crippen LogP contribution is -2.37. The Balaban J connectivity index is 1.33. The van der Waals surface area contributed by atoms with Gasteiger partial charge >= 0.3 is 5.97 Å². The smallest absolute Gasteiger partial charge is 0.336 e. The Morgan fingerprint density at radius 3 is 2.69 bits per heavy atom. The number of rotatable bonds is 9. The summed E-state index contributed by atoms with van der Waals surface area (Å²) in [6.07, 6.45) is 3.87. The molecule has 0 radical (unpaired) electrons. The molecular formula is C30H28Cl2N4O3. The van der Waals surface area contributed by atoms with E-state index in [1.165, 1.54) is 0 Å². The summed E-state index contributed by atoms with van der Waals surface area (Å²) in [5.41, 5.74) is 3.24. The van der Waals surface area contributed by atoms with Crippen molar-refractivity contribution in [2.75, 3.05) is 0 Å². The van der Waals surface area contributed by atoms with Crippen molar-refractivity contribution < 1.29 is 9.53 Å². The molecule has 1 aliphatic heterocycles. The standard InChI is InChI=1S/C30H28Cl2N4O3/c1-2-3-8-22-17-28(36(35-22)18-20-12-13-21(31)16-26(20)32)30(38)39-23-9-6-7-19(14-23)15-27-24-10-4-5-11-25(24)29(37)34-33-27/h4-7,9-14,16,28H,2-3,8,15,17-18H2,1H3,(H,34,37). The van der Waals surface area contributed by atoms with E-state index < -0.39 is 6.04 Å². The van der Waals surface area contributed by atoms with Gasteiger partial charge in [-0.25, -0.2) is 9.89 Å². The molecular weight excluding hydrogens is 535 g/mol. The summed E-state index contributed by atoms with van der Waals surface area (Å²) < 4.78 is 5.87. The molecule has 1 unspecified atom stereocenters. The maximum atomic E-state index is 13.4. The minimum absolute atomic E-state index is 0.224. The monoisotopic (exact) mass is 562 g/mol. The molecule has 7 nitrogen and oxygen atoms in total. The zero-order valence-electron chi connectivity index (χ0n) is 21.5. The number of fused-ring (bicyclic) bond motifs is 1. The van der Waals surface area contributed by atoms with Crippen LogP contribution < -0.4 is 10.3 Å². The van der Waals surface area contributed by atoms with E-state index in [4.69, 9.17) is 33.0 Å². The lowest BCUT2D eigenvalue weighted by Gasteiger charge is -2.22. The molecule has 1 atom stereocenters. The van der Waals surface area contributed by atoms with E-state index in [0.717, 1.165) is 47.2 Å². The molecule has 0 fully saturated rings. The average molecular weight is 563 g/mol. The lowest BCUT2D eigenvalue weighted by atomic mass is 10.0. The number of esters is 1. The molecule has 200 valence electrons. The van der Waals surface area contributed by atoms with Crippen LogP contribution in [0.5, 0.6) is 5.75 Å². The summed E-state index contributed by atoms with van der Waals surface area (Å²) in [4.78, 5) is 25.6. The number of hydrazone groups is 1. The number of nitrogens with one attached hydrogen (secondary N) is 1. The number of aromatic amines is 1. The van der Waals surface area contributed by atoms with Gasteiger partial charge in [0.15, 0.2) is 6.04 Å². The summed E-state index contributed by atoms with van der Waals surface area (Å²) in [5, 5.41) is 15.8. The zero-order valence-corrected chi connectivity index (χ0v) is 23.0. The van der Waals surface area contributed by atoms with Crippen LogP contribution in [-0.4, -0.2) is 32.9 Å². The van der Waals surface area contributed by atoms with Crippen LogP contribution in [0.15, 0.2) is 76.6 Å². The fourth-order valence-corrected chi connectivity index (χ4v) is 5.20. The number of nitrogens with zero attached hydrogens (tertiary/aromatic N) is 3. The molecule has 5 rings (SSSR count). The maximum Gasteiger partial charge on any atom is 0.336 e. The number of H-pyrrole nitrogens is 1. The van der Waals surface area contributed by atoms with Gasteiger partial charge in [0.05, 0.1) is 17.6 Å². The Hall–Kier alpha value is -3.68. The predicted molar refractivity (Wildman–Crippen MR) is 155 cm³/mol. The number of halogens is 2. The Labute approximate surface area is 236 Å². The van der Waals surface area contributed by atoms with Crippen molar-refractivity contribution in [2.24, 2.45) is 5.10 Å². The molecule has 0 spiro atoms. The van der Waals surface area contributed by atoms with Gasteiger partial charge < -0.3 is 4.74 Å². The molecule has 3 aromatic carbocycles. The molecule has 39 heavy (non-hydrogen) atoms. The molecule has 0 saturated heterocycles. The van der Waals surface area contributed by atoms with Crippen LogP contribution in [-0.2, 0) is 17.8 Å². The lowest BCUT2D eigenvalue weighted by molar-refractivity contribution is -0.140. The number of benzene rings is 3. The van der Waals surface area contributed by atoms with Gasteiger partial charge in [0.2, 0.25) is 0 Å². The molecule has 1 aliphatic rings. The molecule has 1 N–H and O–H groups in total. The van der Waals surface area contributed by atoms with Crippen LogP contribution in [0.25, 0.3) is 10.8 Å². The minimum Gasteiger partial charge on any atom is -0.425 e. The van der Waals surface area contributed by atoms with Gasteiger partial charge in [-0.2, -0.15) is 10.2 Å². The van der Waals surface area contributed by atoms with E-state index in [-0.39, 0.29) is 11.5 Å². The second-order valence-corrected chi connectivity index (χ2v) is 10.5. The molecule has 1 aromatic heterocycles. The van der Waals surface area contributed by atoms with E-state index in [1.54, 1.807) is 29.3 Å². The quantitative estimate of drug-likeness (QED) is 0.184. The topological polar surface area (TPSA) is 87.7 Å². The third-order valence-electron chi connectivity index (χ3n) is 6.76. The number of carbonyl (C=O) groups is 1. The van der Waals surface area contributed by atoms with E-state index in [1.807, 2.05) is 42.5 Å². The highest BCUT2D eigenvalue weighted by molar-refractivity contribution is 6.35. The van der Waals surface area contributed by atoms with Crippen molar-refractivity contribution in [3.63, 3.8) is 0 Å². The van der Waals surface area contributed by atoms with Gasteiger partial charge in [0, 0.05) is 34.0 Å². The Morgan fingerprint density at radius 1 is 1.08 bits per heavy atom. The van der Waals surface area contributed by atoms with Gasteiger partial charge in [-0.15, -0.1) is 0 Å². The second kappa shape index (κ2) is 12.0. The number of aromatic nitrogens is 2. The fourth-order valence-electron chi connectivity index (χ4n) is 4.73. The summed E-state index contributed by atoms with van der Waals surface area (Å²) in [6.45, 7) is 2.50. The first-order valence-corrected chi connectivity index (χ1v) is 13.7. The number of ether oxygens (including phenoxy) is 1. The summed E-state index contributed by atoms with van der Waals surface area (Å²) in [7, 11) is 0. The minimum atomic E-state index is -0.558. The summed E-state index contributed by atoms with van der Waals surface area (Å²) in [6, 6.07) is 19.5. The molecule has 0 amide bonds. The van der Waals surface area contributed by atoms with Crippen LogP contribution >= 0.6 is 23.2 Å². The summed E-state index contributed by atoms with van der Waals surface area (Å²) >= 11 is 12.5. The highest BCUT2D eigenvalue weighted by Gasteiger charge is 2.34. The third kappa shape index (κ3) is 6.32. The van der Waals surface area contributed by atoms with E-state index >= 15 is 0 Å². The second-order valence-electron chi connectivity index (χ2n) is 9.61. The highest BCUT2D eigenvalue weighted by Crippen LogP contribution is 2.28. The molecule has 9 heteroatoms. The summed E-state index contributed by atoms with van der Waals surface area (Å²) in [5.74, 6) is 0.0674. The van der Waals surface area contributed by atoms with E-state index in [0.29, 0.717) is 40.6 Å². The Bertz CT molecular complexity index is 1600. The molecule has 0 bridgehead atoms. The largest absolute Gasteiger partial charge is 0.425 e. The van der Waals surface area contributed by atoms with Crippen molar-refractivity contribution in [1.29, 1.82) is 0 Å². The Morgan fingerprint density at radius 2 is 1.90 bits per heavy atom. The van der Waals surface area contributed by atoms with Gasteiger partial charge in [0.1, 0.15) is 5.75 Å². The van der Waals surface area contributed by atoms with Crippen LogP contribution in [0.1, 0.15) is 49.4 Å². The zero-order chi connectivity index (χ0) is 27.4. The first kappa shape index (κ1) is 26.9.